The van der Waals surface area contributed by atoms with Gasteiger partial charge in [-0.2, -0.15) is 0 Å². The summed E-state index contributed by atoms with van der Waals surface area (Å²) in [5, 5.41) is 0. The van der Waals surface area contributed by atoms with Crippen molar-refractivity contribution in [3.8, 4) is 0 Å². The second-order valence-electron chi connectivity index (χ2n) is 5.84. The molecule has 0 amide bonds. The van der Waals surface area contributed by atoms with Crippen LogP contribution in [0.1, 0.15) is 55.4 Å². The third kappa shape index (κ3) is 4.68. The Labute approximate surface area is 133 Å². The van der Waals surface area contributed by atoms with Gasteiger partial charge in [-0.15, -0.1) is 0 Å². The first-order chi connectivity index (χ1) is 10.0. The summed E-state index contributed by atoms with van der Waals surface area (Å²) in [5.41, 5.74) is -3.21. The van der Waals surface area contributed by atoms with E-state index in [1.54, 1.807) is 41.5 Å². The smallest absolute Gasteiger partial charge is 0.342 e. The van der Waals surface area contributed by atoms with Gasteiger partial charge >= 0.3 is 11.9 Å². The molecule has 0 bridgehead atoms. The van der Waals surface area contributed by atoms with Crippen molar-refractivity contribution >= 4 is 11.9 Å². The fourth-order valence-electron chi connectivity index (χ4n) is 2.01. The van der Waals surface area contributed by atoms with Crippen LogP contribution in [0.25, 0.3) is 0 Å². The first-order valence-electron chi connectivity index (χ1n) is 7.75. The molecule has 0 fully saturated rings. The predicted molar refractivity (Wildman–Crippen MR) is 82.5 cm³/mol. The first kappa shape index (κ1) is 20.9. The fraction of sp³-hybridized carbons (Fsp3) is 0.875. The van der Waals surface area contributed by atoms with Crippen LogP contribution in [0.15, 0.2) is 0 Å². The van der Waals surface area contributed by atoms with Crippen molar-refractivity contribution in [1.82, 2.24) is 0 Å². The quantitative estimate of drug-likeness (QED) is 0.608. The molecular weight excluding hydrogens is 288 g/mol. The molecule has 6 heteroatoms. The van der Waals surface area contributed by atoms with Gasteiger partial charge in [0.1, 0.15) is 0 Å². The molecule has 0 saturated heterocycles. The zero-order valence-electron chi connectivity index (χ0n) is 15.0. The number of rotatable bonds is 9. The predicted octanol–water partition coefficient (Wildman–Crippen LogP) is 2.48. The summed E-state index contributed by atoms with van der Waals surface area (Å²) < 4.78 is 21.8. The number of carbonyl (C=O) groups excluding carboxylic acids is 2. The van der Waals surface area contributed by atoms with Gasteiger partial charge in [-0.25, -0.2) is 9.59 Å². The van der Waals surface area contributed by atoms with Crippen molar-refractivity contribution in [2.75, 3.05) is 13.2 Å². The Morgan fingerprint density at radius 1 is 0.773 bits per heavy atom. The number of ether oxygens (including phenoxy) is 4. The summed E-state index contributed by atoms with van der Waals surface area (Å²) in [6, 6.07) is 0. The van der Waals surface area contributed by atoms with Crippen LogP contribution in [0.3, 0.4) is 0 Å². The van der Waals surface area contributed by atoms with Crippen LogP contribution < -0.4 is 0 Å². The Kier molecular flexibility index (Phi) is 8.04. The van der Waals surface area contributed by atoms with Crippen molar-refractivity contribution in [2.45, 2.75) is 78.8 Å². The highest BCUT2D eigenvalue weighted by atomic mass is 16.6. The zero-order chi connectivity index (χ0) is 17.6. The third-order valence-electron chi connectivity index (χ3n) is 3.24. The van der Waals surface area contributed by atoms with Gasteiger partial charge in [0, 0.05) is 13.2 Å². The fourth-order valence-corrected chi connectivity index (χ4v) is 2.01. The lowest BCUT2D eigenvalue weighted by Crippen LogP contribution is -2.64. The Bertz CT molecular complexity index is 343. The minimum atomic E-state index is -1.60. The summed E-state index contributed by atoms with van der Waals surface area (Å²) >= 11 is 0. The van der Waals surface area contributed by atoms with Crippen LogP contribution in [-0.4, -0.2) is 48.6 Å². The van der Waals surface area contributed by atoms with Gasteiger partial charge in [-0.3, -0.25) is 0 Å². The lowest BCUT2D eigenvalue weighted by atomic mass is 9.84. The average molecular weight is 318 g/mol. The maximum absolute atomic E-state index is 12.5. The molecular formula is C16H30O6. The standard InChI is InChI=1S/C16H30O6/c1-9-19-15(7,13(17)21-11(3)4)16(8,20-10-2)14(18)22-12(5)6/h11-12H,9-10H2,1-8H3. The molecule has 0 aliphatic carbocycles. The summed E-state index contributed by atoms with van der Waals surface area (Å²) in [6.45, 7) is 13.8. The Balaban J connectivity index is 5.76. The van der Waals surface area contributed by atoms with Crippen molar-refractivity contribution in [3.05, 3.63) is 0 Å². The third-order valence-corrected chi connectivity index (χ3v) is 3.24. The number of hydrogen-bond acceptors (Lipinski definition) is 6. The molecule has 0 heterocycles. The van der Waals surface area contributed by atoms with Gasteiger partial charge in [0.15, 0.2) is 0 Å². The van der Waals surface area contributed by atoms with Crippen molar-refractivity contribution in [1.29, 1.82) is 0 Å². The van der Waals surface area contributed by atoms with E-state index in [2.05, 4.69) is 0 Å². The van der Waals surface area contributed by atoms with Crippen LogP contribution in [0, 0.1) is 0 Å². The number of hydrogen-bond donors (Lipinski definition) is 0. The highest BCUT2D eigenvalue weighted by Gasteiger charge is 2.60. The maximum Gasteiger partial charge on any atom is 0.342 e. The maximum atomic E-state index is 12.5. The molecule has 2 atom stereocenters. The van der Waals surface area contributed by atoms with Crippen LogP contribution in [0.4, 0.5) is 0 Å². The first-order valence-corrected chi connectivity index (χ1v) is 7.75. The lowest BCUT2D eigenvalue weighted by molar-refractivity contribution is -0.230. The Morgan fingerprint density at radius 3 is 1.23 bits per heavy atom. The van der Waals surface area contributed by atoms with Gasteiger partial charge in [0.05, 0.1) is 12.2 Å². The SMILES string of the molecule is CCOC(C)(C(=O)OC(C)C)C(C)(OCC)C(=O)OC(C)C. The summed E-state index contributed by atoms with van der Waals surface area (Å²) in [6.07, 6.45) is -0.668. The van der Waals surface area contributed by atoms with Crippen LogP contribution >= 0.6 is 0 Å². The molecule has 2 unspecified atom stereocenters. The van der Waals surface area contributed by atoms with Crippen molar-refractivity contribution in [2.24, 2.45) is 0 Å². The van der Waals surface area contributed by atoms with E-state index in [0.717, 1.165) is 0 Å². The lowest BCUT2D eigenvalue weighted by Gasteiger charge is -2.41. The summed E-state index contributed by atoms with van der Waals surface area (Å²) in [5.74, 6) is -1.30. The molecule has 0 aromatic rings. The van der Waals surface area contributed by atoms with E-state index in [9.17, 15) is 9.59 Å². The van der Waals surface area contributed by atoms with E-state index in [-0.39, 0.29) is 25.4 Å². The molecule has 0 aliphatic rings. The van der Waals surface area contributed by atoms with Crippen molar-refractivity contribution in [3.63, 3.8) is 0 Å². The molecule has 0 spiro atoms. The highest BCUT2D eigenvalue weighted by Crippen LogP contribution is 2.33. The minimum Gasteiger partial charge on any atom is -0.461 e. The van der Waals surface area contributed by atoms with Crippen LogP contribution in [0.2, 0.25) is 0 Å². The van der Waals surface area contributed by atoms with Gasteiger partial charge in [-0.05, 0) is 55.4 Å². The number of esters is 2. The van der Waals surface area contributed by atoms with Gasteiger partial charge in [-0.1, -0.05) is 0 Å². The normalized spacial score (nSPS) is 17.0. The average Bonchev–Trinajstić information content (AvgIpc) is 2.37. The summed E-state index contributed by atoms with van der Waals surface area (Å²) in [4.78, 5) is 25.1. The van der Waals surface area contributed by atoms with Gasteiger partial charge in [0.2, 0.25) is 11.2 Å². The Hall–Kier alpha value is -1.14. The van der Waals surface area contributed by atoms with E-state index in [0.29, 0.717) is 0 Å². The summed E-state index contributed by atoms with van der Waals surface area (Å²) in [7, 11) is 0. The van der Waals surface area contributed by atoms with Gasteiger partial charge < -0.3 is 18.9 Å². The molecule has 22 heavy (non-hydrogen) atoms. The molecule has 0 rings (SSSR count). The van der Waals surface area contributed by atoms with Crippen LogP contribution in [0.5, 0.6) is 0 Å². The zero-order valence-corrected chi connectivity index (χ0v) is 15.0. The highest BCUT2D eigenvalue weighted by molar-refractivity contribution is 5.92. The van der Waals surface area contributed by atoms with Gasteiger partial charge in [0.25, 0.3) is 0 Å². The minimum absolute atomic E-state index is 0.224. The molecule has 0 aromatic carbocycles. The van der Waals surface area contributed by atoms with Crippen molar-refractivity contribution < 1.29 is 28.5 Å². The topological polar surface area (TPSA) is 71.1 Å². The Morgan fingerprint density at radius 2 is 1.05 bits per heavy atom. The molecule has 0 aliphatic heterocycles. The largest absolute Gasteiger partial charge is 0.461 e. The second kappa shape index (κ2) is 8.48. The molecule has 130 valence electrons. The molecule has 0 N–H and O–H groups in total. The van der Waals surface area contributed by atoms with E-state index in [1.807, 2.05) is 0 Å². The van der Waals surface area contributed by atoms with E-state index in [1.165, 1.54) is 13.8 Å². The molecule has 0 saturated carbocycles. The molecule has 0 radical (unpaired) electrons. The number of carbonyl (C=O) groups is 2. The van der Waals surface area contributed by atoms with E-state index in [4.69, 9.17) is 18.9 Å². The second-order valence-corrected chi connectivity index (χ2v) is 5.84. The molecule has 0 aromatic heterocycles. The van der Waals surface area contributed by atoms with E-state index < -0.39 is 23.1 Å². The monoisotopic (exact) mass is 318 g/mol. The van der Waals surface area contributed by atoms with Crippen LogP contribution in [-0.2, 0) is 28.5 Å². The molecule has 6 nitrogen and oxygen atoms in total. The van der Waals surface area contributed by atoms with E-state index >= 15 is 0 Å².